The Morgan fingerprint density at radius 3 is 2.78 bits per heavy atom. The first-order chi connectivity index (χ1) is 8.65. The molecule has 102 valence electrons. The van der Waals surface area contributed by atoms with Gasteiger partial charge in [-0.3, -0.25) is 0 Å². The van der Waals surface area contributed by atoms with Crippen LogP contribution >= 0.6 is 23.4 Å². The van der Waals surface area contributed by atoms with Gasteiger partial charge < -0.3 is 4.74 Å². The van der Waals surface area contributed by atoms with Crippen LogP contribution in [0, 0.1) is 0 Å². The summed E-state index contributed by atoms with van der Waals surface area (Å²) in [4.78, 5) is 8.37. The Kier molecular flexibility index (Phi) is 7.44. The molecular formula is C13H21ClN2OS. The number of rotatable bonds is 8. The molecule has 0 amide bonds. The molecule has 0 bridgehead atoms. The van der Waals surface area contributed by atoms with Gasteiger partial charge in [-0.05, 0) is 26.0 Å². The predicted octanol–water partition coefficient (Wildman–Crippen LogP) is 4.59. The van der Waals surface area contributed by atoms with Gasteiger partial charge in [0, 0.05) is 6.07 Å². The Morgan fingerprint density at radius 2 is 2.11 bits per heavy atom. The standard InChI is InChI=1S/C13H21ClN2OS/c1-4-5-6-7-8-10(2)17-12-9-11(14)15-13(16-12)18-3/h9-10H,4-8H2,1-3H3. The van der Waals surface area contributed by atoms with Gasteiger partial charge in [-0.15, -0.1) is 0 Å². The second kappa shape index (κ2) is 8.59. The molecule has 1 aromatic rings. The minimum absolute atomic E-state index is 0.169. The topological polar surface area (TPSA) is 35.0 Å². The Bertz CT molecular complexity index is 363. The van der Waals surface area contributed by atoms with E-state index in [-0.39, 0.29) is 6.10 Å². The molecule has 18 heavy (non-hydrogen) atoms. The lowest BCUT2D eigenvalue weighted by molar-refractivity contribution is 0.196. The summed E-state index contributed by atoms with van der Waals surface area (Å²) in [5, 5.41) is 1.08. The Labute approximate surface area is 119 Å². The monoisotopic (exact) mass is 288 g/mol. The van der Waals surface area contributed by atoms with Crippen LogP contribution in [-0.4, -0.2) is 22.3 Å². The fourth-order valence-corrected chi connectivity index (χ4v) is 2.25. The smallest absolute Gasteiger partial charge is 0.219 e. The summed E-state index contributed by atoms with van der Waals surface area (Å²) in [6.07, 6.45) is 8.16. The molecule has 1 rings (SSSR count). The van der Waals surface area contributed by atoms with E-state index >= 15 is 0 Å². The zero-order valence-electron chi connectivity index (χ0n) is 11.3. The largest absolute Gasteiger partial charge is 0.475 e. The van der Waals surface area contributed by atoms with Gasteiger partial charge in [0.05, 0.1) is 6.10 Å². The lowest BCUT2D eigenvalue weighted by atomic mass is 10.1. The van der Waals surface area contributed by atoms with Crippen molar-refractivity contribution in [3.05, 3.63) is 11.2 Å². The molecule has 0 aliphatic carbocycles. The van der Waals surface area contributed by atoms with E-state index in [4.69, 9.17) is 16.3 Å². The molecule has 0 saturated heterocycles. The second-order valence-corrected chi connectivity index (χ2v) is 5.45. The molecule has 1 heterocycles. The highest BCUT2D eigenvalue weighted by Gasteiger charge is 2.08. The van der Waals surface area contributed by atoms with Gasteiger partial charge in [-0.25, -0.2) is 4.98 Å². The third-order valence-electron chi connectivity index (χ3n) is 2.62. The number of halogens is 1. The van der Waals surface area contributed by atoms with Gasteiger partial charge >= 0.3 is 0 Å². The molecule has 0 aromatic carbocycles. The minimum Gasteiger partial charge on any atom is -0.475 e. The SMILES string of the molecule is CCCCCCC(C)Oc1cc(Cl)nc(SC)n1. The summed E-state index contributed by atoms with van der Waals surface area (Å²) in [6, 6.07) is 1.67. The first kappa shape index (κ1) is 15.6. The van der Waals surface area contributed by atoms with Crippen molar-refractivity contribution in [2.24, 2.45) is 0 Å². The van der Waals surface area contributed by atoms with Crippen LogP contribution in [0.4, 0.5) is 0 Å². The molecule has 0 fully saturated rings. The Morgan fingerprint density at radius 1 is 1.33 bits per heavy atom. The molecule has 5 heteroatoms. The predicted molar refractivity (Wildman–Crippen MR) is 77.7 cm³/mol. The van der Waals surface area contributed by atoms with Gasteiger partial charge in [0.2, 0.25) is 5.88 Å². The summed E-state index contributed by atoms with van der Waals surface area (Å²) in [5.74, 6) is 0.572. The normalized spacial score (nSPS) is 12.4. The molecule has 0 aliphatic rings. The highest BCUT2D eigenvalue weighted by atomic mass is 35.5. The van der Waals surface area contributed by atoms with E-state index in [1.54, 1.807) is 6.07 Å². The van der Waals surface area contributed by atoms with Crippen molar-refractivity contribution in [2.45, 2.75) is 57.2 Å². The quantitative estimate of drug-likeness (QED) is 0.303. The van der Waals surface area contributed by atoms with Crippen molar-refractivity contribution in [3.8, 4) is 5.88 Å². The van der Waals surface area contributed by atoms with Crippen LogP contribution in [0.15, 0.2) is 11.2 Å². The average Bonchev–Trinajstić information content (AvgIpc) is 2.34. The summed E-state index contributed by atoms with van der Waals surface area (Å²) in [5.41, 5.74) is 0. The van der Waals surface area contributed by atoms with Gasteiger partial charge in [0.25, 0.3) is 0 Å². The molecule has 0 spiro atoms. The lowest BCUT2D eigenvalue weighted by Gasteiger charge is -2.14. The van der Waals surface area contributed by atoms with Crippen molar-refractivity contribution in [2.75, 3.05) is 6.26 Å². The molecule has 3 nitrogen and oxygen atoms in total. The number of aromatic nitrogens is 2. The molecular weight excluding hydrogens is 268 g/mol. The van der Waals surface area contributed by atoms with E-state index in [9.17, 15) is 0 Å². The fraction of sp³-hybridized carbons (Fsp3) is 0.692. The third-order valence-corrected chi connectivity index (χ3v) is 3.36. The van der Waals surface area contributed by atoms with Crippen molar-refractivity contribution >= 4 is 23.4 Å². The highest BCUT2D eigenvalue weighted by Crippen LogP contribution is 2.20. The van der Waals surface area contributed by atoms with Crippen LogP contribution < -0.4 is 4.74 Å². The van der Waals surface area contributed by atoms with Gasteiger partial charge in [-0.1, -0.05) is 49.5 Å². The van der Waals surface area contributed by atoms with Crippen molar-refractivity contribution in [1.29, 1.82) is 0 Å². The maximum atomic E-state index is 5.91. The summed E-state index contributed by atoms with van der Waals surface area (Å²) < 4.78 is 5.77. The van der Waals surface area contributed by atoms with Crippen molar-refractivity contribution < 1.29 is 4.74 Å². The molecule has 1 atom stereocenters. The minimum atomic E-state index is 0.169. The number of hydrogen-bond donors (Lipinski definition) is 0. The molecule has 1 unspecified atom stereocenters. The van der Waals surface area contributed by atoms with E-state index in [2.05, 4.69) is 23.8 Å². The highest BCUT2D eigenvalue weighted by molar-refractivity contribution is 7.98. The van der Waals surface area contributed by atoms with Crippen LogP contribution in [0.25, 0.3) is 0 Å². The van der Waals surface area contributed by atoms with Crippen LogP contribution in [0.3, 0.4) is 0 Å². The molecule has 0 aliphatic heterocycles. The number of unbranched alkanes of at least 4 members (excludes halogenated alkanes) is 3. The van der Waals surface area contributed by atoms with Gasteiger partial charge in [0.1, 0.15) is 5.15 Å². The number of ether oxygens (including phenoxy) is 1. The van der Waals surface area contributed by atoms with E-state index in [0.717, 1.165) is 6.42 Å². The number of thioether (sulfide) groups is 1. The zero-order chi connectivity index (χ0) is 13.4. The number of nitrogens with zero attached hydrogens (tertiary/aromatic N) is 2. The lowest BCUT2D eigenvalue weighted by Crippen LogP contribution is -2.12. The van der Waals surface area contributed by atoms with Gasteiger partial charge in [-0.2, -0.15) is 4.98 Å². The summed E-state index contributed by atoms with van der Waals surface area (Å²) in [6.45, 7) is 4.29. The van der Waals surface area contributed by atoms with Crippen molar-refractivity contribution in [1.82, 2.24) is 9.97 Å². The summed E-state index contributed by atoms with van der Waals surface area (Å²) in [7, 11) is 0. The van der Waals surface area contributed by atoms with E-state index in [1.165, 1.54) is 37.4 Å². The first-order valence-electron chi connectivity index (χ1n) is 6.41. The molecule has 1 aromatic heterocycles. The molecule has 0 radical (unpaired) electrons. The number of hydrogen-bond acceptors (Lipinski definition) is 4. The van der Waals surface area contributed by atoms with Crippen LogP contribution in [-0.2, 0) is 0 Å². The van der Waals surface area contributed by atoms with Crippen molar-refractivity contribution in [3.63, 3.8) is 0 Å². The molecule has 0 N–H and O–H groups in total. The van der Waals surface area contributed by atoms with Crippen LogP contribution in [0.2, 0.25) is 5.15 Å². The fourth-order valence-electron chi connectivity index (χ4n) is 1.65. The third kappa shape index (κ3) is 5.91. The van der Waals surface area contributed by atoms with E-state index in [0.29, 0.717) is 16.2 Å². The maximum absolute atomic E-state index is 5.91. The summed E-state index contributed by atoms with van der Waals surface area (Å²) >= 11 is 7.38. The van der Waals surface area contributed by atoms with Gasteiger partial charge in [0.15, 0.2) is 5.16 Å². The van der Waals surface area contributed by atoms with Crippen LogP contribution in [0.5, 0.6) is 5.88 Å². The van der Waals surface area contributed by atoms with Crippen LogP contribution in [0.1, 0.15) is 46.0 Å². The zero-order valence-corrected chi connectivity index (χ0v) is 12.9. The molecule has 0 saturated carbocycles. The maximum Gasteiger partial charge on any atom is 0.219 e. The van der Waals surface area contributed by atoms with E-state index in [1.807, 2.05) is 6.26 Å². The Balaban J connectivity index is 2.43. The average molecular weight is 289 g/mol. The Hall–Kier alpha value is -0.480. The second-order valence-electron chi connectivity index (χ2n) is 4.29. The first-order valence-corrected chi connectivity index (χ1v) is 8.01. The van der Waals surface area contributed by atoms with E-state index < -0.39 is 0 Å².